The molecule has 1 saturated carbocycles. The van der Waals surface area contributed by atoms with Gasteiger partial charge in [-0.3, -0.25) is 0 Å². The van der Waals surface area contributed by atoms with E-state index in [1.165, 1.54) is 38.2 Å². The maximum atomic E-state index is 15.2. The summed E-state index contributed by atoms with van der Waals surface area (Å²) < 4.78 is 51.0. The van der Waals surface area contributed by atoms with E-state index in [1.54, 1.807) is 12.1 Å². The summed E-state index contributed by atoms with van der Waals surface area (Å²) in [4.78, 5) is 13.1. The van der Waals surface area contributed by atoms with Crippen LogP contribution in [-0.4, -0.2) is 54.7 Å². The van der Waals surface area contributed by atoms with Gasteiger partial charge in [0.25, 0.3) is 0 Å². The average molecular weight is 551 g/mol. The predicted octanol–water partition coefficient (Wildman–Crippen LogP) is 6.74. The molecule has 40 heavy (non-hydrogen) atoms. The van der Waals surface area contributed by atoms with Crippen molar-refractivity contribution in [2.75, 3.05) is 44.7 Å². The molecule has 3 aliphatic rings. The predicted molar refractivity (Wildman–Crippen MR) is 150 cm³/mol. The summed E-state index contributed by atoms with van der Waals surface area (Å²) >= 11 is 0. The topological polar surface area (TPSA) is 41.5 Å². The van der Waals surface area contributed by atoms with Gasteiger partial charge in [0.2, 0.25) is 0 Å². The first-order chi connectivity index (χ1) is 19.4. The van der Waals surface area contributed by atoms with Gasteiger partial charge in [0.1, 0.15) is 23.9 Å². The highest BCUT2D eigenvalue weighted by atomic mass is 19.1. The number of aromatic nitrogens is 2. The van der Waals surface area contributed by atoms with E-state index >= 15 is 13.2 Å². The second-order valence-electron chi connectivity index (χ2n) is 11.7. The minimum atomic E-state index is -0.623. The second-order valence-corrected chi connectivity index (χ2v) is 11.7. The minimum absolute atomic E-state index is 0.0401. The Balaban J connectivity index is 1.24. The van der Waals surface area contributed by atoms with Crippen LogP contribution in [0.15, 0.2) is 36.5 Å². The average Bonchev–Trinajstić information content (AvgIpc) is 2.96. The molecular weight excluding hydrogens is 513 g/mol. The highest BCUT2D eigenvalue weighted by molar-refractivity contribution is 5.72. The minimum Gasteiger partial charge on any atom is -0.486 e. The molecule has 1 aromatic heterocycles. The molecule has 1 saturated heterocycles. The van der Waals surface area contributed by atoms with Crippen molar-refractivity contribution in [1.29, 1.82) is 0 Å². The molecule has 1 aliphatic carbocycles. The Morgan fingerprint density at radius 2 is 1.70 bits per heavy atom. The number of hydrogen-bond acceptors (Lipinski definition) is 5. The molecule has 0 unspecified atom stereocenters. The Morgan fingerprint density at radius 3 is 2.48 bits per heavy atom. The SMILES string of the molecule is CN1CCC(c2ccc(Cc3ncc(F)c(-c4cc(F)c5c(c4)N(CC4CCCCC4)CCO5)n3)cc2F)CC1. The first-order valence-corrected chi connectivity index (χ1v) is 14.6. The van der Waals surface area contributed by atoms with Crippen LogP contribution in [0.25, 0.3) is 11.3 Å². The molecule has 0 bridgehead atoms. The number of halogens is 3. The lowest BCUT2D eigenvalue weighted by molar-refractivity contribution is 0.253. The maximum absolute atomic E-state index is 15.2. The fraction of sp³-hybridized carbons (Fsp3) is 0.500. The lowest BCUT2D eigenvalue weighted by atomic mass is 9.88. The summed E-state index contributed by atoms with van der Waals surface area (Å²) in [6.07, 6.45) is 9.36. The van der Waals surface area contributed by atoms with E-state index in [2.05, 4.69) is 26.8 Å². The monoisotopic (exact) mass is 550 g/mol. The van der Waals surface area contributed by atoms with Gasteiger partial charge in [0.15, 0.2) is 17.4 Å². The molecule has 212 valence electrons. The van der Waals surface area contributed by atoms with Crippen molar-refractivity contribution in [3.8, 4) is 17.0 Å². The van der Waals surface area contributed by atoms with Crippen molar-refractivity contribution in [2.45, 2.75) is 57.3 Å². The summed E-state index contributed by atoms with van der Waals surface area (Å²) in [5.41, 5.74) is 2.51. The van der Waals surface area contributed by atoms with Gasteiger partial charge in [-0.2, -0.15) is 0 Å². The van der Waals surface area contributed by atoms with Crippen LogP contribution in [0.1, 0.15) is 67.8 Å². The number of benzene rings is 2. The molecule has 0 spiro atoms. The van der Waals surface area contributed by atoms with Crippen molar-refractivity contribution in [2.24, 2.45) is 5.92 Å². The van der Waals surface area contributed by atoms with Crippen molar-refractivity contribution in [3.63, 3.8) is 0 Å². The van der Waals surface area contributed by atoms with Gasteiger partial charge < -0.3 is 14.5 Å². The highest BCUT2D eigenvalue weighted by Crippen LogP contribution is 2.40. The number of nitrogens with zero attached hydrogens (tertiary/aromatic N) is 4. The Labute approximate surface area is 234 Å². The van der Waals surface area contributed by atoms with Gasteiger partial charge in [0, 0.05) is 18.5 Å². The number of fused-ring (bicyclic) bond motifs is 1. The second kappa shape index (κ2) is 11.8. The van der Waals surface area contributed by atoms with Gasteiger partial charge in [0.05, 0.1) is 18.4 Å². The maximum Gasteiger partial charge on any atom is 0.178 e. The number of piperidine rings is 1. The van der Waals surface area contributed by atoms with Crippen LogP contribution < -0.4 is 9.64 Å². The van der Waals surface area contributed by atoms with Gasteiger partial charge >= 0.3 is 0 Å². The Kier molecular flexibility index (Phi) is 7.96. The molecule has 0 atom stereocenters. The summed E-state index contributed by atoms with van der Waals surface area (Å²) in [5, 5.41) is 0. The molecule has 2 aromatic carbocycles. The molecule has 2 fully saturated rings. The first kappa shape index (κ1) is 27.1. The zero-order chi connectivity index (χ0) is 27.6. The van der Waals surface area contributed by atoms with Crippen LogP contribution in [0.5, 0.6) is 5.75 Å². The van der Waals surface area contributed by atoms with Gasteiger partial charge in [-0.1, -0.05) is 31.4 Å². The number of rotatable bonds is 6. The van der Waals surface area contributed by atoms with Gasteiger partial charge in [-0.25, -0.2) is 23.1 Å². The zero-order valence-corrected chi connectivity index (χ0v) is 23.1. The Hall–Kier alpha value is -3.13. The number of hydrogen-bond donors (Lipinski definition) is 0. The molecule has 3 aromatic rings. The third-order valence-corrected chi connectivity index (χ3v) is 8.83. The number of anilines is 1. The lowest BCUT2D eigenvalue weighted by Gasteiger charge is -2.35. The quantitative estimate of drug-likeness (QED) is 0.340. The molecule has 0 radical (unpaired) electrons. The summed E-state index contributed by atoms with van der Waals surface area (Å²) in [5.74, 6) is 0.00937. The highest BCUT2D eigenvalue weighted by Gasteiger charge is 2.27. The molecule has 6 rings (SSSR count). The fourth-order valence-corrected chi connectivity index (χ4v) is 6.55. The lowest BCUT2D eigenvalue weighted by Crippen LogP contribution is -2.37. The molecule has 5 nitrogen and oxygen atoms in total. The third kappa shape index (κ3) is 5.82. The van der Waals surface area contributed by atoms with Crippen LogP contribution >= 0.6 is 0 Å². The van der Waals surface area contributed by atoms with Crippen LogP contribution in [0.2, 0.25) is 0 Å². The standard InChI is InChI=1S/C32H37F3N4O/c1-38-11-9-23(10-12-38)25-8-7-22(15-26(25)33)16-30-36-19-28(35)31(37-30)24-17-27(34)32-29(18-24)39(13-14-40-32)20-21-5-3-2-4-6-21/h7-8,15,17-19,21,23H,2-6,9-14,16,20H2,1H3. The molecular formula is C32H37F3N4O. The summed E-state index contributed by atoms with van der Waals surface area (Å²) in [6, 6.07) is 8.38. The van der Waals surface area contributed by atoms with E-state index in [0.717, 1.165) is 49.8 Å². The fourth-order valence-electron chi connectivity index (χ4n) is 6.55. The zero-order valence-electron chi connectivity index (χ0n) is 23.1. The van der Waals surface area contributed by atoms with E-state index in [-0.39, 0.29) is 29.6 Å². The van der Waals surface area contributed by atoms with Crippen molar-refractivity contribution >= 4 is 5.69 Å². The summed E-state index contributed by atoms with van der Waals surface area (Å²) in [7, 11) is 2.09. The Morgan fingerprint density at radius 1 is 0.900 bits per heavy atom. The van der Waals surface area contributed by atoms with Crippen LogP contribution in [-0.2, 0) is 6.42 Å². The molecule has 0 N–H and O–H groups in total. The molecule has 8 heteroatoms. The van der Waals surface area contributed by atoms with E-state index in [9.17, 15) is 0 Å². The van der Waals surface area contributed by atoms with Crippen molar-refractivity contribution < 1.29 is 17.9 Å². The smallest absolute Gasteiger partial charge is 0.178 e. The van der Waals surface area contributed by atoms with E-state index < -0.39 is 11.6 Å². The largest absolute Gasteiger partial charge is 0.486 e. The van der Waals surface area contributed by atoms with Crippen LogP contribution in [0.4, 0.5) is 18.9 Å². The van der Waals surface area contributed by atoms with Crippen LogP contribution in [0, 0.1) is 23.4 Å². The number of ether oxygens (including phenoxy) is 1. The van der Waals surface area contributed by atoms with E-state index in [0.29, 0.717) is 36.1 Å². The Bertz CT molecular complexity index is 1350. The molecule has 3 heterocycles. The van der Waals surface area contributed by atoms with Crippen molar-refractivity contribution in [1.82, 2.24) is 14.9 Å². The first-order valence-electron chi connectivity index (χ1n) is 14.6. The van der Waals surface area contributed by atoms with E-state index in [1.807, 2.05) is 12.1 Å². The van der Waals surface area contributed by atoms with Gasteiger partial charge in [-0.15, -0.1) is 0 Å². The number of likely N-dealkylation sites (tertiary alicyclic amines) is 1. The van der Waals surface area contributed by atoms with Crippen LogP contribution in [0.3, 0.4) is 0 Å². The van der Waals surface area contributed by atoms with Gasteiger partial charge in [-0.05, 0) is 87.0 Å². The normalized spacial score (nSPS) is 18.9. The van der Waals surface area contributed by atoms with Crippen molar-refractivity contribution in [3.05, 3.63) is 70.9 Å². The summed E-state index contributed by atoms with van der Waals surface area (Å²) in [6.45, 7) is 3.87. The third-order valence-electron chi connectivity index (χ3n) is 8.83. The molecule has 0 amide bonds. The van der Waals surface area contributed by atoms with E-state index in [4.69, 9.17) is 4.74 Å². The molecule has 2 aliphatic heterocycles.